The molecular formula is C41H42O11S. The molecule has 4 aromatic rings. The van der Waals surface area contributed by atoms with Crippen LogP contribution in [0.1, 0.15) is 44.9 Å². The molecule has 2 fully saturated rings. The third kappa shape index (κ3) is 9.33. The van der Waals surface area contributed by atoms with Gasteiger partial charge in [0.2, 0.25) is 0 Å². The van der Waals surface area contributed by atoms with Gasteiger partial charge in [0.15, 0.2) is 12.4 Å². The van der Waals surface area contributed by atoms with Crippen LogP contribution in [-0.2, 0) is 28.4 Å². The summed E-state index contributed by atoms with van der Waals surface area (Å²) >= 11 is 1.35. The largest absolute Gasteiger partial charge is 0.459 e. The molecule has 2 N–H and O–H groups in total. The van der Waals surface area contributed by atoms with Gasteiger partial charge in [-0.2, -0.15) is 0 Å². The molecule has 0 amide bonds. The standard InChI is InChI=1S/C41H42O11S/c1-25-33(43)31(23-42)48-40(35(25)50-38(45)28-17-9-4-10-18-28)52-34-26(2)36(51-39(46)29-19-11-5-12-20-29)41(53-30-21-13-6-14-22-30)49-32(34)24-47-37(44)27-15-7-3-8-16-27/h3-22,25-26,31-36,40-43H,23-24H2,1-2H3/t25-,26-,31?,32?,33+,34-,35?,36?,40-,41-/m0/s1. The zero-order valence-electron chi connectivity index (χ0n) is 29.2. The molecular weight excluding hydrogens is 701 g/mol. The number of aliphatic hydroxyl groups excluding tert-OH is 2. The Morgan fingerprint density at radius 3 is 1.64 bits per heavy atom. The van der Waals surface area contributed by atoms with Crippen LogP contribution in [0.4, 0.5) is 0 Å². The zero-order chi connectivity index (χ0) is 37.3. The third-order valence-electron chi connectivity index (χ3n) is 9.36. The van der Waals surface area contributed by atoms with Crippen molar-refractivity contribution in [2.24, 2.45) is 11.8 Å². The summed E-state index contributed by atoms with van der Waals surface area (Å²) < 4.78 is 37.3. The Morgan fingerprint density at radius 2 is 1.11 bits per heavy atom. The summed E-state index contributed by atoms with van der Waals surface area (Å²) in [6, 6.07) is 34.9. The summed E-state index contributed by atoms with van der Waals surface area (Å²) in [6.07, 6.45) is -7.53. The van der Waals surface area contributed by atoms with Crippen LogP contribution >= 0.6 is 11.8 Å². The fraction of sp³-hybridized carbons (Fsp3) is 0.341. The highest BCUT2D eigenvalue weighted by Gasteiger charge is 2.52. The zero-order valence-corrected chi connectivity index (χ0v) is 30.0. The highest BCUT2D eigenvalue weighted by atomic mass is 32.2. The lowest BCUT2D eigenvalue weighted by Crippen LogP contribution is -2.61. The average Bonchev–Trinajstić information content (AvgIpc) is 3.20. The molecule has 2 saturated heterocycles. The van der Waals surface area contributed by atoms with E-state index >= 15 is 0 Å². The monoisotopic (exact) mass is 742 g/mol. The van der Waals surface area contributed by atoms with E-state index in [0.29, 0.717) is 11.1 Å². The quantitative estimate of drug-likeness (QED) is 0.139. The molecule has 10 atom stereocenters. The second-order valence-electron chi connectivity index (χ2n) is 12.9. The molecule has 6 rings (SSSR count). The molecule has 0 saturated carbocycles. The van der Waals surface area contributed by atoms with E-state index in [1.165, 1.54) is 11.8 Å². The van der Waals surface area contributed by atoms with Crippen molar-refractivity contribution in [2.45, 2.75) is 67.1 Å². The molecule has 11 nitrogen and oxygen atoms in total. The maximum atomic E-state index is 13.5. The lowest BCUT2D eigenvalue weighted by molar-refractivity contribution is -0.323. The number of aliphatic hydroxyl groups is 2. The number of carbonyl (C=O) groups excluding carboxylic acids is 3. The maximum Gasteiger partial charge on any atom is 0.338 e. The summed E-state index contributed by atoms with van der Waals surface area (Å²) in [5, 5.41) is 21.2. The first-order valence-corrected chi connectivity index (χ1v) is 18.3. The molecule has 12 heteroatoms. The summed E-state index contributed by atoms with van der Waals surface area (Å²) in [7, 11) is 0. The highest BCUT2D eigenvalue weighted by molar-refractivity contribution is 7.99. The topological polar surface area (TPSA) is 147 Å². The minimum atomic E-state index is -1.31. The van der Waals surface area contributed by atoms with Gasteiger partial charge in [-0.15, -0.1) is 0 Å². The highest BCUT2D eigenvalue weighted by Crippen LogP contribution is 2.41. The third-order valence-corrected chi connectivity index (χ3v) is 10.5. The van der Waals surface area contributed by atoms with Gasteiger partial charge in [0.25, 0.3) is 0 Å². The van der Waals surface area contributed by atoms with Gasteiger partial charge in [-0.3, -0.25) is 0 Å². The molecule has 0 radical (unpaired) electrons. The molecule has 2 heterocycles. The Bertz CT molecular complexity index is 1780. The molecule has 4 aromatic carbocycles. The van der Waals surface area contributed by atoms with E-state index < -0.39 is 84.7 Å². The Kier molecular flexibility index (Phi) is 12.9. The van der Waals surface area contributed by atoms with Crippen molar-refractivity contribution in [1.82, 2.24) is 0 Å². The van der Waals surface area contributed by atoms with Crippen LogP contribution in [0.25, 0.3) is 0 Å². The summed E-state index contributed by atoms with van der Waals surface area (Å²) in [5.74, 6) is -3.17. The van der Waals surface area contributed by atoms with Gasteiger partial charge in [0.1, 0.15) is 30.4 Å². The van der Waals surface area contributed by atoms with E-state index in [2.05, 4.69) is 0 Å². The van der Waals surface area contributed by atoms with Crippen molar-refractivity contribution in [3.8, 4) is 0 Å². The molecule has 2 aliphatic rings. The van der Waals surface area contributed by atoms with E-state index in [-0.39, 0.29) is 12.2 Å². The number of esters is 3. The van der Waals surface area contributed by atoms with E-state index in [9.17, 15) is 24.6 Å². The number of carbonyl (C=O) groups is 3. The first-order chi connectivity index (χ1) is 25.7. The van der Waals surface area contributed by atoms with Gasteiger partial charge in [0, 0.05) is 16.7 Å². The molecule has 4 unspecified atom stereocenters. The van der Waals surface area contributed by atoms with Crippen LogP contribution in [-0.4, -0.2) is 89.7 Å². The van der Waals surface area contributed by atoms with Crippen LogP contribution in [0, 0.1) is 11.8 Å². The normalized spacial score (nSPS) is 28.4. The van der Waals surface area contributed by atoms with Gasteiger partial charge in [-0.1, -0.05) is 98.4 Å². The first kappa shape index (κ1) is 38.2. The van der Waals surface area contributed by atoms with Gasteiger partial charge >= 0.3 is 17.9 Å². The van der Waals surface area contributed by atoms with E-state index in [4.69, 9.17) is 28.4 Å². The first-order valence-electron chi connectivity index (χ1n) is 17.4. The fourth-order valence-corrected chi connectivity index (χ4v) is 7.59. The number of rotatable bonds is 12. The number of hydrogen-bond donors (Lipinski definition) is 2. The number of thioether (sulfide) groups is 1. The predicted molar refractivity (Wildman–Crippen MR) is 194 cm³/mol. The lowest BCUT2D eigenvalue weighted by atomic mass is 9.89. The Morgan fingerprint density at radius 1 is 0.623 bits per heavy atom. The Balaban J connectivity index is 1.33. The maximum absolute atomic E-state index is 13.5. The lowest BCUT2D eigenvalue weighted by Gasteiger charge is -2.48. The van der Waals surface area contributed by atoms with Crippen molar-refractivity contribution in [3.05, 3.63) is 138 Å². The molecule has 0 aromatic heterocycles. The van der Waals surface area contributed by atoms with Crippen LogP contribution in [0.3, 0.4) is 0 Å². The summed E-state index contributed by atoms with van der Waals surface area (Å²) in [4.78, 5) is 40.8. The van der Waals surface area contributed by atoms with Crippen molar-refractivity contribution in [1.29, 1.82) is 0 Å². The number of hydrogen-bond acceptors (Lipinski definition) is 12. The fourth-order valence-electron chi connectivity index (χ4n) is 6.37. The SMILES string of the molecule is C[C@@H]1C(OC(=O)c2ccccc2)[C@H](Sc2ccccc2)OC(COC(=O)c2ccccc2)[C@H]1O[C@@H]1OC(CO)[C@H](O)[C@H](C)C1OC(=O)c1ccccc1. The van der Waals surface area contributed by atoms with Crippen LogP contribution in [0.2, 0.25) is 0 Å². The molecule has 53 heavy (non-hydrogen) atoms. The smallest absolute Gasteiger partial charge is 0.338 e. The molecule has 2 aliphatic heterocycles. The minimum Gasteiger partial charge on any atom is -0.459 e. The second-order valence-corrected chi connectivity index (χ2v) is 14.1. The summed E-state index contributed by atoms with van der Waals surface area (Å²) in [5.41, 5.74) is 0.198. The van der Waals surface area contributed by atoms with Gasteiger partial charge in [-0.25, -0.2) is 14.4 Å². The van der Waals surface area contributed by atoms with E-state index in [1.807, 2.05) is 37.3 Å². The van der Waals surface area contributed by atoms with Crippen molar-refractivity contribution in [3.63, 3.8) is 0 Å². The Hall–Kier alpha value is -4.56. The van der Waals surface area contributed by atoms with Crippen molar-refractivity contribution in [2.75, 3.05) is 13.2 Å². The van der Waals surface area contributed by atoms with Crippen LogP contribution in [0.15, 0.2) is 126 Å². The van der Waals surface area contributed by atoms with Crippen LogP contribution < -0.4 is 0 Å². The van der Waals surface area contributed by atoms with Gasteiger partial charge < -0.3 is 38.6 Å². The van der Waals surface area contributed by atoms with Gasteiger partial charge in [-0.05, 0) is 48.5 Å². The van der Waals surface area contributed by atoms with Crippen LogP contribution in [0.5, 0.6) is 0 Å². The molecule has 0 spiro atoms. The van der Waals surface area contributed by atoms with E-state index in [0.717, 1.165) is 4.90 Å². The average molecular weight is 743 g/mol. The predicted octanol–water partition coefficient (Wildman–Crippen LogP) is 5.55. The second kappa shape index (κ2) is 18.0. The minimum absolute atomic E-state index is 0.253. The number of benzene rings is 4. The van der Waals surface area contributed by atoms with Crippen molar-refractivity contribution >= 4 is 29.7 Å². The van der Waals surface area contributed by atoms with Gasteiger partial charge in [0.05, 0.1) is 35.5 Å². The summed E-state index contributed by atoms with van der Waals surface area (Å²) in [6.45, 7) is 2.71. The molecule has 0 aliphatic carbocycles. The molecule has 278 valence electrons. The van der Waals surface area contributed by atoms with Crippen molar-refractivity contribution < 1.29 is 53.0 Å². The van der Waals surface area contributed by atoms with E-state index in [1.54, 1.807) is 97.9 Å². The molecule has 0 bridgehead atoms. The Labute approximate surface area is 312 Å². The number of ether oxygens (including phenoxy) is 6.